The molecule has 0 spiro atoms. The molecular weight excluding hydrogens is 300 g/mol. The van der Waals surface area contributed by atoms with Crippen molar-refractivity contribution in [3.63, 3.8) is 0 Å². The van der Waals surface area contributed by atoms with Crippen LogP contribution in [0.1, 0.15) is 12.0 Å². The number of halogens is 1. The molecule has 1 aromatic rings. The molecule has 0 radical (unpaired) electrons. The minimum atomic E-state index is -2.89. The van der Waals surface area contributed by atoms with Gasteiger partial charge in [0, 0.05) is 32.4 Å². The Kier molecular flexibility index (Phi) is 5.37. The fourth-order valence-corrected chi connectivity index (χ4v) is 4.40. The van der Waals surface area contributed by atoms with Crippen LogP contribution in [-0.4, -0.2) is 56.1 Å². The number of ether oxygens (including phenoxy) is 1. The van der Waals surface area contributed by atoms with E-state index in [1.54, 1.807) is 13.3 Å². The molecule has 1 aromatic heterocycles. The summed E-state index contributed by atoms with van der Waals surface area (Å²) in [5.41, 5.74) is 1.03. The molecule has 1 fully saturated rings. The van der Waals surface area contributed by atoms with Crippen molar-refractivity contribution in [3.05, 3.63) is 29.0 Å². The van der Waals surface area contributed by atoms with Crippen molar-refractivity contribution in [3.8, 4) is 0 Å². The fourth-order valence-electron chi connectivity index (χ4n) is 2.44. The van der Waals surface area contributed by atoms with Gasteiger partial charge in [-0.1, -0.05) is 11.6 Å². The third-order valence-electron chi connectivity index (χ3n) is 3.48. The lowest BCUT2D eigenvalue weighted by molar-refractivity contribution is 0.121. The number of sulfone groups is 1. The molecule has 0 N–H and O–H groups in total. The van der Waals surface area contributed by atoms with Crippen LogP contribution < -0.4 is 0 Å². The Bertz CT molecular complexity index is 550. The van der Waals surface area contributed by atoms with Crippen molar-refractivity contribution in [2.45, 2.75) is 19.0 Å². The average molecular weight is 319 g/mol. The Labute approximate surface area is 124 Å². The van der Waals surface area contributed by atoms with Crippen LogP contribution in [0.15, 0.2) is 18.3 Å². The average Bonchev–Trinajstić information content (AvgIpc) is 2.75. The molecule has 1 saturated heterocycles. The molecule has 0 aliphatic carbocycles. The zero-order valence-electron chi connectivity index (χ0n) is 11.5. The molecule has 1 atom stereocenters. The molecule has 0 amide bonds. The summed E-state index contributed by atoms with van der Waals surface area (Å²) in [5, 5.41) is 0.452. The highest BCUT2D eigenvalue weighted by atomic mass is 35.5. The maximum Gasteiger partial charge on any atom is 0.151 e. The van der Waals surface area contributed by atoms with Crippen LogP contribution >= 0.6 is 11.6 Å². The maximum absolute atomic E-state index is 11.6. The van der Waals surface area contributed by atoms with E-state index in [0.29, 0.717) is 31.3 Å². The van der Waals surface area contributed by atoms with Gasteiger partial charge >= 0.3 is 0 Å². The van der Waals surface area contributed by atoms with E-state index in [0.717, 1.165) is 5.56 Å². The van der Waals surface area contributed by atoms with Gasteiger partial charge in [-0.15, -0.1) is 0 Å². The van der Waals surface area contributed by atoms with Crippen LogP contribution in [0.25, 0.3) is 0 Å². The quantitative estimate of drug-likeness (QED) is 0.741. The summed E-state index contributed by atoms with van der Waals surface area (Å²) in [7, 11) is -1.24. The van der Waals surface area contributed by atoms with Gasteiger partial charge in [-0.3, -0.25) is 4.90 Å². The second-order valence-corrected chi connectivity index (χ2v) is 7.62. The van der Waals surface area contributed by atoms with E-state index < -0.39 is 9.84 Å². The Morgan fingerprint density at radius 3 is 2.95 bits per heavy atom. The van der Waals surface area contributed by atoms with Crippen molar-refractivity contribution in [1.29, 1.82) is 0 Å². The van der Waals surface area contributed by atoms with E-state index in [-0.39, 0.29) is 17.5 Å². The summed E-state index contributed by atoms with van der Waals surface area (Å²) in [6.07, 6.45) is 2.35. The zero-order chi connectivity index (χ0) is 14.6. The lowest BCUT2D eigenvalue weighted by Gasteiger charge is -2.27. The number of methoxy groups -OCH3 is 1. The monoisotopic (exact) mass is 318 g/mol. The molecule has 7 heteroatoms. The third-order valence-corrected chi connectivity index (χ3v) is 5.44. The van der Waals surface area contributed by atoms with Crippen molar-refractivity contribution < 1.29 is 13.2 Å². The number of hydrogen-bond acceptors (Lipinski definition) is 5. The Morgan fingerprint density at radius 1 is 1.55 bits per heavy atom. The number of aromatic nitrogens is 1. The molecule has 112 valence electrons. The van der Waals surface area contributed by atoms with E-state index in [1.807, 2.05) is 12.1 Å². The number of hydrogen-bond donors (Lipinski definition) is 0. The van der Waals surface area contributed by atoms with Crippen LogP contribution in [0.5, 0.6) is 0 Å². The third kappa shape index (κ3) is 4.41. The van der Waals surface area contributed by atoms with Crippen molar-refractivity contribution in [2.75, 3.05) is 31.8 Å². The van der Waals surface area contributed by atoms with Gasteiger partial charge in [0.25, 0.3) is 0 Å². The molecule has 0 saturated carbocycles. The topological polar surface area (TPSA) is 59.5 Å². The second kappa shape index (κ2) is 6.85. The van der Waals surface area contributed by atoms with Crippen LogP contribution in [0.2, 0.25) is 5.15 Å². The normalized spacial score (nSPS) is 21.4. The molecule has 20 heavy (non-hydrogen) atoms. The predicted octanol–water partition coefficient (Wildman–Crippen LogP) is 1.37. The summed E-state index contributed by atoms with van der Waals surface area (Å²) in [6, 6.07) is 3.77. The molecule has 1 aliphatic heterocycles. The summed E-state index contributed by atoms with van der Waals surface area (Å²) in [4.78, 5) is 6.11. The molecule has 0 aromatic carbocycles. The lowest BCUT2D eigenvalue weighted by atomic mass is 10.2. The zero-order valence-corrected chi connectivity index (χ0v) is 13.0. The van der Waals surface area contributed by atoms with Gasteiger partial charge < -0.3 is 4.74 Å². The molecule has 1 aliphatic rings. The van der Waals surface area contributed by atoms with E-state index >= 15 is 0 Å². The van der Waals surface area contributed by atoms with Gasteiger partial charge in [-0.05, 0) is 24.1 Å². The highest BCUT2D eigenvalue weighted by molar-refractivity contribution is 7.91. The summed E-state index contributed by atoms with van der Waals surface area (Å²) >= 11 is 5.89. The van der Waals surface area contributed by atoms with Crippen molar-refractivity contribution in [2.24, 2.45) is 0 Å². The molecular formula is C13H19ClN2O3S. The number of nitrogens with zero attached hydrogens (tertiary/aromatic N) is 2. The van der Waals surface area contributed by atoms with Gasteiger partial charge in [0.15, 0.2) is 9.84 Å². The predicted molar refractivity (Wildman–Crippen MR) is 78.6 cm³/mol. The summed E-state index contributed by atoms with van der Waals surface area (Å²) in [6.45, 7) is 1.94. The van der Waals surface area contributed by atoms with Crippen molar-refractivity contribution >= 4 is 21.4 Å². The number of rotatable bonds is 6. The fraction of sp³-hybridized carbons (Fsp3) is 0.615. The first-order valence-corrected chi connectivity index (χ1v) is 8.74. The van der Waals surface area contributed by atoms with E-state index in [1.165, 1.54) is 0 Å². The largest absolute Gasteiger partial charge is 0.383 e. The molecule has 2 rings (SSSR count). The van der Waals surface area contributed by atoms with Gasteiger partial charge in [0.05, 0.1) is 18.1 Å². The van der Waals surface area contributed by atoms with Crippen LogP contribution in [-0.2, 0) is 21.1 Å². The van der Waals surface area contributed by atoms with Crippen LogP contribution in [0.3, 0.4) is 0 Å². The number of pyridine rings is 1. The van der Waals surface area contributed by atoms with E-state index in [4.69, 9.17) is 16.3 Å². The SMILES string of the molecule is COCCN(Cc1ccnc(Cl)c1)C1CCS(=O)(=O)C1. The maximum atomic E-state index is 11.6. The van der Waals surface area contributed by atoms with Gasteiger partial charge in [-0.2, -0.15) is 0 Å². The lowest BCUT2D eigenvalue weighted by Crippen LogP contribution is -2.38. The minimum Gasteiger partial charge on any atom is -0.383 e. The Hall–Kier alpha value is -0.690. The minimum absolute atomic E-state index is 0.0575. The van der Waals surface area contributed by atoms with Crippen LogP contribution in [0, 0.1) is 0 Å². The summed E-state index contributed by atoms with van der Waals surface area (Å²) in [5.74, 6) is 0.508. The van der Waals surface area contributed by atoms with Crippen molar-refractivity contribution in [1.82, 2.24) is 9.88 Å². The van der Waals surface area contributed by atoms with Gasteiger partial charge in [0.1, 0.15) is 5.15 Å². The molecule has 0 bridgehead atoms. The highest BCUT2D eigenvalue weighted by Gasteiger charge is 2.32. The molecule has 1 unspecified atom stereocenters. The van der Waals surface area contributed by atoms with E-state index in [2.05, 4.69) is 9.88 Å². The second-order valence-electron chi connectivity index (χ2n) is 5.01. The smallest absolute Gasteiger partial charge is 0.151 e. The summed E-state index contributed by atoms with van der Waals surface area (Å²) < 4.78 is 28.4. The van der Waals surface area contributed by atoms with E-state index in [9.17, 15) is 8.42 Å². The molecule has 5 nitrogen and oxygen atoms in total. The highest BCUT2D eigenvalue weighted by Crippen LogP contribution is 2.20. The van der Waals surface area contributed by atoms with Gasteiger partial charge in [0.2, 0.25) is 0 Å². The molecule has 2 heterocycles. The standard InChI is InChI=1S/C13H19ClN2O3S/c1-19-6-5-16(12-3-7-20(17,18)10-12)9-11-2-4-15-13(14)8-11/h2,4,8,12H,3,5-7,9-10H2,1H3. The first-order valence-electron chi connectivity index (χ1n) is 6.54. The van der Waals surface area contributed by atoms with Gasteiger partial charge in [-0.25, -0.2) is 13.4 Å². The Morgan fingerprint density at radius 2 is 2.35 bits per heavy atom. The first kappa shape index (κ1) is 15.7. The Balaban J connectivity index is 2.07. The first-order chi connectivity index (χ1) is 9.50. The van der Waals surface area contributed by atoms with Crippen LogP contribution in [0.4, 0.5) is 0 Å².